The molecule has 20 heavy (non-hydrogen) atoms. The SMILES string of the molecule is Cc1c(-c2cccc(C#N)c2)sc2c(NN)ncnc12. The largest absolute Gasteiger partial charge is 0.307 e. The highest BCUT2D eigenvalue weighted by Gasteiger charge is 2.14. The number of hydrogen-bond donors (Lipinski definition) is 2. The number of aryl methyl sites for hydroxylation is 1. The van der Waals surface area contributed by atoms with Crippen molar-refractivity contribution in [3.8, 4) is 16.5 Å². The highest BCUT2D eigenvalue weighted by Crippen LogP contribution is 2.39. The van der Waals surface area contributed by atoms with Gasteiger partial charge in [0.05, 0.1) is 21.8 Å². The fraction of sp³-hybridized carbons (Fsp3) is 0.0714. The number of anilines is 1. The van der Waals surface area contributed by atoms with E-state index in [1.54, 1.807) is 17.4 Å². The van der Waals surface area contributed by atoms with Crippen molar-refractivity contribution in [2.45, 2.75) is 6.92 Å². The molecule has 0 unspecified atom stereocenters. The number of nitriles is 1. The van der Waals surface area contributed by atoms with E-state index in [0.717, 1.165) is 26.2 Å². The molecule has 3 aromatic rings. The summed E-state index contributed by atoms with van der Waals surface area (Å²) in [5.74, 6) is 6.10. The lowest BCUT2D eigenvalue weighted by molar-refractivity contribution is 1.18. The van der Waals surface area contributed by atoms with Gasteiger partial charge in [0.25, 0.3) is 0 Å². The van der Waals surface area contributed by atoms with Gasteiger partial charge in [0.2, 0.25) is 0 Å². The number of nitrogens with two attached hydrogens (primary N) is 1. The van der Waals surface area contributed by atoms with Gasteiger partial charge in [-0.15, -0.1) is 11.3 Å². The Morgan fingerprint density at radius 3 is 2.95 bits per heavy atom. The van der Waals surface area contributed by atoms with Gasteiger partial charge in [-0.2, -0.15) is 5.26 Å². The summed E-state index contributed by atoms with van der Waals surface area (Å²) in [4.78, 5) is 9.51. The van der Waals surface area contributed by atoms with Crippen molar-refractivity contribution in [2.75, 3.05) is 5.43 Å². The summed E-state index contributed by atoms with van der Waals surface area (Å²) in [7, 11) is 0. The third-order valence-corrected chi connectivity index (χ3v) is 4.43. The van der Waals surface area contributed by atoms with Gasteiger partial charge in [-0.25, -0.2) is 15.8 Å². The molecule has 0 aliphatic rings. The fourth-order valence-corrected chi connectivity index (χ4v) is 3.34. The number of nitrogens with zero attached hydrogens (tertiary/aromatic N) is 3. The lowest BCUT2D eigenvalue weighted by atomic mass is 10.1. The molecule has 0 saturated carbocycles. The Bertz CT molecular complexity index is 831. The maximum atomic E-state index is 9.00. The first kappa shape index (κ1) is 12.5. The van der Waals surface area contributed by atoms with Crippen molar-refractivity contribution < 1.29 is 0 Å². The fourth-order valence-electron chi connectivity index (χ4n) is 2.13. The van der Waals surface area contributed by atoms with Crippen molar-refractivity contribution in [3.05, 3.63) is 41.7 Å². The molecule has 0 amide bonds. The summed E-state index contributed by atoms with van der Waals surface area (Å²) >= 11 is 1.57. The topological polar surface area (TPSA) is 87.6 Å². The standard InChI is InChI=1S/C14H11N5S/c1-8-11-13(14(19-16)18-7-17-11)20-12(8)10-4-2-3-9(5-10)6-15/h2-5,7H,16H2,1H3,(H,17,18,19). The van der Waals surface area contributed by atoms with E-state index in [1.807, 2.05) is 25.1 Å². The Balaban J connectivity index is 2.27. The first-order valence-corrected chi connectivity index (χ1v) is 6.77. The maximum absolute atomic E-state index is 9.00. The van der Waals surface area contributed by atoms with Crippen LogP contribution in [0.3, 0.4) is 0 Å². The van der Waals surface area contributed by atoms with Crippen LogP contribution in [0.2, 0.25) is 0 Å². The number of nitrogens with one attached hydrogen (secondary N) is 1. The third-order valence-electron chi connectivity index (χ3n) is 3.09. The minimum atomic E-state index is 0.616. The maximum Gasteiger partial charge on any atom is 0.161 e. The first-order chi connectivity index (χ1) is 9.74. The van der Waals surface area contributed by atoms with Crippen LogP contribution in [0, 0.1) is 18.3 Å². The van der Waals surface area contributed by atoms with Crippen LogP contribution in [0.5, 0.6) is 0 Å². The van der Waals surface area contributed by atoms with E-state index in [0.29, 0.717) is 11.4 Å². The molecular formula is C14H11N5S. The van der Waals surface area contributed by atoms with E-state index in [4.69, 9.17) is 11.1 Å². The Morgan fingerprint density at radius 1 is 1.35 bits per heavy atom. The van der Waals surface area contributed by atoms with Gasteiger partial charge in [-0.3, -0.25) is 0 Å². The van der Waals surface area contributed by atoms with Gasteiger partial charge in [0.15, 0.2) is 5.82 Å². The van der Waals surface area contributed by atoms with Crippen LogP contribution in [-0.2, 0) is 0 Å². The number of fused-ring (bicyclic) bond motifs is 1. The van der Waals surface area contributed by atoms with Gasteiger partial charge in [0.1, 0.15) is 6.33 Å². The minimum Gasteiger partial charge on any atom is -0.307 e. The van der Waals surface area contributed by atoms with Crippen LogP contribution in [0.1, 0.15) is 11.1 Å². The molecule has 6 heteroatoms. The molecule has 1 aromatic carbocycles. The number of nitrogen functional groups attached to an aromatic ring is 1. The van der Waals surface area contributed by atoms with Crippen LogP contribution < -0.4 is 11.3 Å². The van der Waals surface area contributed by atoms with Crippen molar-refractivity contribution in [3.63, 3.8) is 0 Å². The molecular weight excluding hydrogens is 270 g/mol. The van der Waals surface area contributed by atoms with Gasteiger partial charge in [-0.05, 0) is 30.2 Å². The van der Waals surface area contributed by atoms with Crippen LogP contribution in [0.25, 0.3) is 20.7 Å². The molecule has 0 bridgehead atoms. The van der Waals surface area contributed by atoms with Crippen LogP contribution in [0.4, 0.5) is 5.82 Å². The molecule has 98 valence electrons. The molecule has 2 aromatic heterocycles. The van der Waals surface area contributed by atoms with Gasteiger partial charge >= 0.3 is 0 Å². The molecule has 0 fully saturated rings. The second-order valence-electron chi connectivity index (χ2n) is 4.29. The average Bonchev–Trinajstić information content (AvgIpc) is 2.84. The Morgan fingerprint density at radius 2 is 2.20 bits per heavy atom. The molecule has 2 heterocycles. The monoisotopic (exact) mass is 281 g/mol. The minimum absolute atomic E-state index is 0.616. The lowest BCUT2D eigenvalue weighted by Gasteiger charge is -1.99. The summed E-state index contributed by atoms with van der Waals surface area (Å²) in [6, 6.07) is 9.69. The Kier molecular flexibility index (Phi) is 3.06. The van der Waals surface area contributed by atoms with Crippen molar-refractivity contribution in [1.82, 2.24) is 9.97 Å². The first-order valence-electron chi connectivity index (χ1n) is 5.96. The number of hydrogen-bond acceptors (Lipinski definition) is 6. The van der Waals surface area contributed by atoms with Crippen molar-refractivity contribution in [2.24, 2.45) is 5.84 Å². The zero-order chi connectivity index (χ0) is 14.1. The molecule has 3 N–H and O–H groups in total. The molecule has 0 spiro atoms. The van der Waals surface area contributed by atoms with E-state index >= 15 is 0 Å². The lowest BCUT2D eigenvalue weighted by Crippen LogP contribution is -2.08. The van der Waals surface area contributed by atoms with Crippen LogP contribution >= 0.6 is 11.3 Å². The third kappa shape index (κ3) is 1.90. The van der Waals surface area contributed by atoms with E-state index in [-0.39, 0.29) is 0 Å². The Labute approximate surface area is 119 Å². The summed E-state index contributed by atoms with van der Waals surface area (Å²) in [6.45, 7) is 2.01. The quantitative estimate of drug-likeness (QED) is 0.557. The number of hydrazine groups is 1. The van der Waals surface area contributed by atoms with Crippen LogP contribution in [0.15, 0.2) is 30.6 Å². The van der Waals surface area contributed by atoms with Gasteiger partial charge < -0.3 is 5.43 Å². The second kappa shape index (κ2) is 4.89. The van der Waals surface area contributed by atoms with Crippen molar-refractivity contribution >= 4 is 27.4 Å². The zero-order valence-electron chi connectivity index (χ0n) is 10.7. The number of thiophene rings is 1. The summed E-state index contributed by atoms with van der Waals surface area (Å²) in [5.41, 5.74) is 6.19. The molecule has 0 atom stereocenters. The van der Waals surface area contributed by atoms with E-state index in [2.05, 4.69) is 21.5 Å². The zero-order valence-corrected chi connectivity index (χ0v) is 11.5. The smallest absolute Gasteiger partial charge is 0.161 e. The highest BCUT2D eigenvalue weighted by atomic mass is 32.1. The Hall–Kier alpha value is -2.49. The average molecular weight is 281 g/mol. The van der Waals surface area contributed by atoms with Crippen LogP contribution in [-0.4, -0.2) is 9.97 Å². The number of rotatable bonds is 2. The molecule has 3 rings (SSSR count). The van der Waals surface area contributed by atoms with E-state index in [9.17, 15) is 0 Å². The predicted molar refractivity (Wildman–Crippen MR) is 80.1 cm³/mol. The normalized spacial score (nSPS) is 10.4. The molecule has 0 radical (unpaired) electrons. The highest BCUT2D eigenvalue weighted by molar-refractivity contribution is 7.23. The van der Waals surface area contributed by atoms with Crippen molar-refractivity contribution in [1.29, 1.82) is 5.26 Å². The van der Waals surface area contributed by atoms with E-state index in [1.165, 1.54) is 6.33 Å². The van der Waals surface area contributed by atoms with E-state index < -0.39 is 0 Å². The summed E-state index contributed by atoms with van der Waals surface area (Å²) in [6.07, 6.45) is 1.49. The molecule has 5 nitrogen and oxygen atoms in total. The van der Waals surface area contributed by atoms with Gasteiger partial charge in [0, 0.05) is 4.88 Å². The number of benzene rings is 1. The second-order valence-corrected chi connectivity index (χ2v) is 5.31. The molecule has 0 aliphatic heterocycles. The molecule has 0 aliphatic carbocycles. The molecule has 0 saturated heterocycles. The predicted octanol–water partition coefficient (Wildman–Crippen LogP) is 2.82. The summed E-state index contributed by atoms with van der Waals surface area (Å²) < 4.78 is 0.921. The number of aromatic nitrogens is 2. The van der Waals surface area contributed by atoms with Gasteiger partial charge in [-0.1, -0.05) is 12.1 Å². The summed E-state index contributed by atoms with van der Waals surface area (Å²) in [5, 5.41) is 9.00.